The maximum atomic E-state index is 4.91. The fraction of sp³-hybridized carbons (Fsp3) is 0.593. The summed E-state index contributed by atoms with van der Waals surface area (Å²) < 4.78 is 0. The number of anilines is 1. The SMILES string of the molecule is CCCCCC(C)(C)CNc1cccc(CC(CCC)NCCSc2ccccc2)n1. The van der Waals surface area contributed by atoms with E-state index in [1.54, 1.807) is 0 Å². The van der Waals surface area contributed by atoms with Gasteiger partial charge in [-0.05, 0) is 42.5 Å². The first-order chi connectivity index (χ1) is 15.0. The molecule has 1 heterocycles. The molecule has 2 N–H and O–H groups in total. The molecule has 1 atom stereocenters. The lowest BCUT2D eigenvalue weighted by atomic mass is 9.87. The minimum atomic E-state index is 0.301. The van der Waals surface area contributed by atoms with Crippen LogP contribution in [0.4, 0.5) is 5.82 Å². The summed E-state index contributed by atoms with van der Waals surface area (Å²) in [7, 11) is 0. The smallest absolute Gasteiger partial charge is 0.126 e. The van der Waals surface area contributed by atoms with Gasteiger partial charge in [-0.15, -0.1) is 11.8 Å². The van der Waals surface area contributed by atoms with Crippen molar-refractivity contribution in [2.45, 2.75) is 83.6 Å². The van der Waals surface area contributed by atoms with Gasteiger partial charge in [-0.2, -0.15) is 0 Å². The van der Waals surface area contributed by atoms with E-state index in [-0.39, 0.29) is 0 Å². The molecule has 0 radical (unpaired) electrons. The summed E-state index contributed by atoms with van der Waals surface area (Å²) >= 11 is 1.92. The number of nitrogens with zero attached hydrogens (tertiary/aromatic N) is 1. The lowest BCUT2D eigenvalue weighted by Crippen LogP contribution is -2.33. The Morgan fingerprint density at radius 3 is 2.52 bits per heavy atom. The van der Waals surface area contributed by atoms with Crippen LogP contribution in [0.3, 0.4) is 0 Å². The molecule has 0 aliphatic carbocycles. The Morgan fingerprint density at radius 1 is 0.968 bits per heavy atom. The summed E-state index contributed by atoms with van der Waals surface area (Å²) in [6, 6.07) is 17.5. The standard InChI is InChI=1S/C27H43N3S/c1-5-7-11-18-27(3,4)22-29-26-17-12-14-24(30-26)21-23(13-6-2)28-19-20-31-25-15-9-8-10-16-25/h8-10,12,14-17,23,28H,5-7,11,13,18-22H2,1-4H3,(H,29,30). The summed E-state index contributed by atoms with van der Waals surface area (Å²) in [6.07, 6.45) is 8.53. The normalized spacial score (nSPS) is 12.6. The van der Waals surface area contributed by atoms with Crippen molar-refractivity contribution < 1.29 is 0 Å². The number of benzene rings is 1. The van der Waals surface area contributed by atoms with Crippen molar-refractivity contribution >= 4 is 17.6 Å². The number of hydrogen-bond donors (Lipinski definition) is 2. The van der Waals surface area contributed by atoms with E-state index in [9.17, 15) is 0 Å². The van der Waals surface area contributed by atoms with Gasteiger partial charge in [0.05, 0.1) is 0 Å². The first-order valence-electron chi connectivity index (χ1n) is 12.1. The number of aromatic nitrogens is 1. The third kappa shape index (κ3) is 11.1. The van der Waals surface area contributed by atoms with E-state index in [0.717, 1.165) is 31.1 Å². The Kier molecular flexibility index (Phi) is 12.1. The van der Waals surface area contributed by atoms with Gasteiger partial charge in [0, 0.05) is 41.9 Å². The first kappa shape index (κ1) is 25.7. The van der Waals surface area contributed by atoms with Gasteiger partial charge in [-0.3, -0.25) is 0 Å². The molecule has 0 saturated carbocycles. The fourth-order valence-electron chi connectivity index (χ4n) is 3.79. The van der Waals surface area contributed by atoms with Crippen molar-refractivity contribution in [1.29, 1.82) is 0 Å². The number of pyridine rings is 1. The molecule has 0 aliphatic heterocycles. The van der Waals surface area contributed by atoms with Crippen LogP contribution in [0.5, 0.6) is 0 Å². The Labute approximate surface area is 195 Å². The molecular formula is C27H43N3S. The second-order valence-corrected chi connectivity index (χ2v) is 10.5. The summed E-state index contributed by atoms with van der Waals surface area (Å²) in [5.41, 5.74) is 1.48. The van der Waals surface area contributed by atoms with E-state index < -0.39 is 0 Å². The van der Waals surface area contributed by atoms with Crippen molar-refractivity contribution in [2.24, 2.45) is 5.41 Å². The maximum Gasteiger partial charge on any atom is 0.126 e. The van der Waals surface area contributed by atoms with Crippen molar-refractivity contribution in [3.8, 4) is 0 Å². The molecule has 0 fully saturated rings. The second-order valence-electron chi connectivity index (χ2n) is 9.29. The predicted molar refractivity (Wildman–Crippen MR) is 138 cm³/mol. The molecule has 4 heteroatoms. The van der Waals surface area contributed by atoms with Crippen molar-refractivity contribution in [3.05, 3.63) is 54.2 Å². The molecule has 1 aromatic carbocycles. The van der Waals surface area contributed by atoms with Crippen molar-refractivity contribution in [2.75, 3.05) is 24.2 Å². The van der Waals surface area contributed by atoms with E-state index in [0.29, 0.717) is 11.5 Å². The van der Waals surface area contributed by atoms with Gasteiger partial charge in [-0.25, -0.2) is 4.98 Å². The number of rotatable bonds is 16. The number of nitrogens with one attached hydrogen (secondary N) is 2. The van der Waals surface area contributed by atoms with E-state index in [1.165, 1.54) is 49.1 Å². The minimum Gasteiger partial charge on any atom is -0.370 e. The van der Waals surface area contributed by atoms with Crippen LogP contribution in [-0.4, -0.2) is 29.9 Å². The fourth-order valence-corrected chi connectivity index (χ4v) is 4.59. The first-order valence-corrected chi connectivity index (χ1v) is 13.1. The molecule has 0 saturated heterocycles. The van der Waals surface area contributed by atoms with Gasteiger partial charge >= 0.3 is 0 Å². The highest BCUT2D eigenvalue weighted by molar-refractivity contribution is 7.99. The van der Waals surface area contributed by atoms with Crippen molar-refractivity contribution in [3.63, 3.8) is 0 Å². The van der Waals surface area contributed by atoms with E-state index in [2.05, 4.69) is 86.9 Å². The van der Waals surface area contributed by atoms with Crippen LogP contribution in [0.1, 0.15) is 71.9 Å². The summed E-state index contributed by atoms with van der Waals surface area (Å²) in [5, 5.41) is 7.36. The summed E-state index contributed by atoms with van der Waals surface area (Å²) in [4.78, 5) is 6.26. The second kappa shape index (κ2) is 14.5. The van der Waals surface area contributed by atoms with E-state index >= 15 is 0 Å². The van der Waals surface area contributed by atoms with Crippen LogP contribution in [0.25, 0.3) is 0 Å². The quantitative estimate of drug-likeness (QED) is 0.213. The van der Waals surface area contributed by atoms with Crippen LogP contribution in [0.2, 0.25) is 0 Å². The number of hydrogen-bond acceptors (Lipinski definition) is 4. The summed E-state index contributed by atoms with van der Waals surface area (Å²) in [6.45, 7) is 11.2. The Balaban J connectivity index is 1.80. The molecule has 1 aromatic heterocycles. The molecule has 0 spiro atoms. The minimum absolute atomic E-state index is 0.301. The Hall–Kier alpha value is -1.52. The highest BCUT2D eigenvalue weighted by Crippen LogP contribution is 2.24. The zero-order chi connectivity index (χ0) is 22.4. The lowest BCUT2D eigenvalue weighted by molar-refractivity contribution is 0.342. The molecule has 172 valence electrons. The number of unbranched alkanes of at least 4 members (excludes halogenated alkanes) is 2. The highest BCUT2D eigenvalue weighted by Gasteiger charge is 2.17. The zero-order valence-corrected chi connectivity index (χ0v) is 20.9. The Morgan fingerprint density at radius 2 is 1.77 bits per heavy atom. The van der Waals surface area contributed by atoms with Gasteiger partial charge in [0.2, 0.25) is 0 Å². The largest absolute Gasteiger partial charge is 0.370 e. The van der Waals surface area contributed by atoms with Crippen molar-refractivity contribution in [1.82, 2.24) is 10.3 Å². The lowest BCUT2D eigenvalue weighted by Gasteiger charge is -2.25. The predicted octanol–water partition coefficient (Wildman–Crippen LogP) is 7.19. The molecule has 2 rings (SSSR count). The average molecular weight is 442 g/mol. The van der Waals surface area contributed by atoms with Crippen LogP contribution >= 0.6 is 11.8 Å². The Bertz CT molecular complexity index is 717. The van der Waals surface area contributed by atoms with E-state index in [4.69, 9.17) is 4.98 Å². The molecule has 0 bridgehead atoms. The van der Waals surface area contributed by atoms with Crippen LogP contribution in [0, 0.1) is 5.41 Å². The molecular weight excluding hydrogens is 398 g/mol. The van der Waals surface area contributed by atoms with Crippen LogP contribution in [-0.2, 0) is 6.42 Å². The highest BCUT2D eigenvalue weighted by atomic mass is 32.2. The maximum absolute atomic E-state index is 4.91. The number of thioether (sulfide) groups is 1. The third-order valence-corrected chi connectivity index (χ3v) is 6.67. The molecule has 0 aliphatic rings. The molecule has 2 aromatic rings. The monoisotopic (exact) mass is 441 g/mol. The third-order valence-electron chi connectivity index (χ3n) is 5.65. The summed E-state index contributed by atoms with van der Waals surface area (Å²) in [5.74, 6) is 2.10. The molecule has 0 amide bonds. The van der Waals surface area contributed by atoms with Crippen LogP contribution < -0.4 is 10.6 Å². The van der Waals surface area contributed by atoms with Gasteiger partial charge in [0.25, 0.3) is 0 Å². The van der Waals surface area contributed by atoms with Gasteiger partial charge in [0.1, 0.15) is 5.82 Å². The molecule has 3 nitrogen and oxygen atoms in total. The molecule has 31 heavy (non-hydrogen) atoms. The van der Waals surface area contributed by atoms with E-state index in [1.807, 2.05) is 11.8 Å². The van der Waals surface area contributed by atoms with Gasteiger partial charge < -0.3 is 10.6 Å². The van der Waals surface area contributed by atoms with Gasteiger partial charge in [0.15, 0.2) is 0 Å². The average Bonchev–Trinajstić information content (AvgIpc) is 2.77. The van der Waals surface area contributed by atoms with Crippen LogP contribution in [0.15, 0.2) is 53.4 Å². The topological polar surface area (TPSA) is 37.0 Å². The molecule has 1 unspecified atom stereocenters. The van der Waals surface area contributed by atoms with Gasteiger partial charge in [-0.1, -0.05) is 77.6 Å². The zero-order valence-electron chi connectivity index (χ0n) is 20.1.